The maximum absolute atomic E-state index is 12.6. The second-order valence-electron chi connectivity index (χ2n) is 12.3. The van der Waals surface area contributed by atoms with Crippen molar-refractivity contribution in [3.63, 3.8) is 0 Å². The molecule has 0 amide bonds. The van der Waals surface area contributed by atoms with Gasteiger partial charge in [0.25, 0.3) is 0 Å². The highest BCUT2D eigenvalue weighted by Crippen LogP contribution is 2.34. The van der Waals surface area contributed by atoms with E-state index in [2.05, 4.69) is 19.6 Å². The van der Waals surface area contributed by atoms with E-state index in [4.69, 9.17) is 9.47 Å². The van der Waals surface area contributed by atoms with Crippen molar-refractivity contribution < 1.29 is 39.5 Å². The van der Waals surface area contributed by atoms with Gasteiger partial charge in [-0.25, -0.2) is 4.79 Å². The molecule has 0 spiro atoms. The van der Waals surface area contributed by atoms with Crippen LogP contribution in [0.15, 0.2) is 35.5 Å². The maximum atomic E-state index is 12.6. The van der Waals surface area contributed by atoms with E-state index >= 15 is 0 Å². The molecule has 8 heteroatoms. The van der Waals surface area contributed by atoms with E-state index in [9.17, 15) is 30.0 Å². The quantitative estimate of drug-likeness (QED) is 0.275. The van der Waals surface area contributed by atoms with Crippen LogP contribution in [0.2, 0.25) is 0 Å². The average Bonchev–Trinajstić information content (AvgIpc) is 3.62. The number of carbonyl (C=O) groups is 2. The van der Waals surface area contributed by atoms with Crippen LogP contribution in [-0.2, 0) is 19.1 Å². The van der Waals surface area contributed by atoms with Crippen molar-refractivity contribution in [3.8, 4) is 0 Å². The number of cyclic esters (lactones) is 1. The van der Waals surface area contributed by atoms with Crippen LogP contribution in [0.1, 0.15) is 92.4 Å². The molecule has 0 aliphatic carbocycles. The Morgan fingerprint density at radius 1 is 0.975 bits per heavy atom. The minimum absolute atomic E-state index is 0.00283. The second-order valence-corrected chi connectivity index (χ2v) is 12.3. The Kier molecular flexibility index (Phi) is 14.2. The lowest BCUT2D eigenvalue weighted by atomic mass is 9.88. The number of aliphatic hydroxyl groups excluding tert-OH is 4. The van der Waals surface area contributed by atoms with E-state index in [0.717, 1.165) is 49.7 Å². The minimum Gasteiger partial charge on any atom is -0.457 e. The molecule has 8 nitrogen and oxygen atoms in total. The van der Waals surface area contributed by atoms with E-state index in [0.29, 0.717) is 24.0 Å². The Bertz CT molecular complexity index is 909. The van der Waals surface area contributed by atoms with E-state index in [-0.39, 0.29) is 24.9 Å². The molecule has 1 saturated heterocycles. The first-order valence-corrected chi connectivity index (χ1v) is 14.9. The second kappa shape index (κ2) is 16.6. The lowest BCUT2D eigenvalue weighted by Gasteiger charge is -2.27. The van der Waals surface area contributed by atoms with Crippen molar-refractivity contribution in [1.29, 1.82) is 0 Å². The van der Waals surface area contributed by atoms with Gasteiger partial charge in [0.1, 0.15) is 12.2 Å². The number of allylic oxidation sites excluding steroid dienone is 4. The van der Waals surface area contributed by atoms with Crippen LogP contribution in [0.5, 0.6) is 0 Å². The molecule has 2 heterocycles. The highest BCUT2D eigenvalue weighted by molar-refractivity contribution is 5.87. The van der Waals surface area contributed by atoms with Crippen LogP contribution in [0.4, 0.5) is 0 Å². The molecular formula is C32H52O8. The zero-order valence-corrected chi connectivity index (χ0v) is 25.1. The molecule has 228 valence electrons. The topological polar surface area (TPSA) is 137 Å². The molecule has 0 unspecified atom stereocenters. The number of hydrogen-bond donors (Lipinski definition) is 4. The molecule has 2 aliphatic heterocycles. The van der Waals surface area contributed by atoms with E-state index in [1.165, 1.54) is 0 Å². The van der Waals surface area contributed by atoms with Gasteiger partial charge in [0.2, 0.25) is 0 Å². The van der Waals surface area contributed by atoms with Gasteiger partial charge in [-0.3, -0.25) is 4.79 Å². The summed E-state index contributed by atoms with van der Waals surface area (Å²) in [4.78, 5) is 25.2. The summed E-state index contributed by atoms with van der Waals surface area (Å²) in [6.45, 7) is 13.2. The molecule has 0 aromatic heterocycles. The molecule has 4 N–H and O–H groups in total. The summed E-state index contributed by atoms with van der Waals surface area (Å²) < 4.78 is 11.3. The Labute approximate surface area is 240 Å². The van der Waals surface area contributed by atoms with Gasteiger partial charge < -0.3 is 29.9 Å². The number of hydrogen-bond acceptors (Lipinski definition) is 8. The Balaban J connectivity index is 2.10. The molecule has 0 aromatic rings. The number of ketones is 1. The predicted molar refractivity (Wildman–Crippen MR) is 154 cm³/mol. The van der Waals surface area contributed by atoms with E-state index in [1.807, 2.05) is 19.9 Å². The Morgan fingerprint density at radius 2 is 1.68 bits per heavy atom. The molecule has 0 bridgehead atoms. The summed E-state index contributed by atoms with van der Waals surface area (Å²) in [6, 6.07) is 0. The highest BCUT2D eigenvalue weighted by Gasteiger charge is 2.38. The number of ether oxygens (including phenoxy) is 2. The Hall–Kier alpha value is -1.84. The maximum Gasteiger partial charge on any atom is 0.333 e. The number of Topliss-reactive ketones (excluding diaryl/α,β-unsaturated/α-hetero) is 1. The van der Waals surface area contributed by atoms with Crippen molar-refractivity contribution >= 4 is 11.8 Å². The van der Waals surface area contributed by atoms with Crippen LogP contribution < -0.4 is 0 Å². The van der Waals surface area contributed by atoms with Gasteiger partial charge in [-0.15, -0.1) is 0 Å². The third-order valence-electron chi connectivity index (χ3n) is 8.27. The van der Waals surface area contributed by atoms with Gasteiger partial charge >= 0.3 is 5.97 Å². The fraction of sp³-hybridized carbons (Fsp3) is 0.750. The summed E-state index contributed by atoms with van der Waals surface area (Å²) in [7, 11) is 0. The van der Waals surface area contributed by atoms with Gasteiger partial charge in [0, 0.05) is 12.0 Å². The van der Waals surface area contributed by atoms with Crippen molar-refractivity contribution in [1.82, 2.24) is 0 Å². The van der Waals surface area contributed by atoms with Gasteiger partial charge in [-0.2, -0.15) is 0 Å². The molecule has 0 aromatic carbocycles. The lowest BCUT2D eigenvalue weighted by molar-refractivity contribution is -0.149. The lowest BCUT2D eigenvalue weighted by Crippen LogP contribution is -2.41. The normalized spacial score (nSPS) is 39.7. The molecule has 9 atom stereocenters. The number of fused-ring (bicyclic) bond motifs is 1. The fourth-order valence-electron chi connectivity index (χ4n) is 5.47. The van der Waals surface area contributed by atoms with Crippen LogP contribution in [0, 0.1) is 17.8 Å². The molecular weight excluding hydrogens is 512 g/mol. The van der Waals surface area contributed by atoms with Crippen LogP contribution >= 0.6 is 0 Å². The average molecular weight is 565 g/mol. The number of epoxide rings is 1. The van der Waals surface area contributed by atoms with Crippen molar-refractivity contribution in [2.24, 2.45) is 17.8 Å². The monoisotopic (exact) mass is 564 g/mol. The first-order chi connectivity index (χ1) is 18.8. The number of esters is 1. The zero-order chi connectivity index (χ0) is 30.0. The predicted octanol–water partition coefficient (Wildman–Crippen LogP) is 4.19. The van der Waals surface area contributed by atoms with Crippen LogP contribution in [0.25, 0.3) is 0 Å². The van der Waals surface area contributed by atoms with Crippen molar-refractivity contribution in [2.75, 3.05) is 6.61 Å². The Morgan fingerprint density at radius 3 is 2.35 bits per heavy atom. The molecule has 40 heavy (non-hydrogen) atoms. The summed E-state index contributed by atoms with van der Waals surface area (Å²) in [5.74, 6) is -1.41. The van der Waals surface area contributed by atoms with Gasteiger partial charge in [0.15, 0.2) is 5.78 Å². The van der Waals surface area contributed by atoms with Gasteiger partial charge in [-0.1, -0.05) is 57.1 Å². The largest absolute Gasteiger partial charge is 0.457 e. The minimum atomic E-state index is -1.69. The molecule has 0 radical (unpaired) electrons. The zero-order valence-electron chi connectivity index (χ0n) is 25.1. The SMILES string of the molecule is C=C1/C=C(\C)[C@@H](C)C[C@H](O)CC(=O)[C@H](O)[C@@H](O)[C@H](C)C[C@H](CO)OC(=O)/C(C)=C/CCCC[C@H]2O[C@H]2C[C@H](C)C1. The first kappa shape index (κ1) is 34.4. The molecule has 2 rings (SSSR count). The number of carbonyl (C=O) groups excluding carboxylic acids is 2. The van der Waals surface area contributed by atoms with Crippen molar-refractivity contribution in [2.45, 2.75) is 129 Å². The molecule has 2 aliphatic rings. The number of rotatable bonds is 1. The summed E-state index contributed by atoms with van der Waals surface area (Å²) in [5, 5.41) is 41.4. The summed E-state index contributed by atoms with van der Waals surface area (Å²) >= 11 is 0. The van der Waals surface area contributed by atoms with Gasteiger partial charge in [0.05, 0.1) is 31.0 Å². The highest BCUT2D eigenvalue weighted by atomic mass is 16.6. The smallest absolute Gasteiger partial charge is 0.333 e. The van der Waals surface area contributed by atoms with Crippen molar-refractivity contribution in [3.05, 3.63) is 35.5 Å². The van der Waals surface area contributed by atoms with Gasteiger partial charge in [-0.05, 0) is 76.5 Å². The third kappa shape index (κ3) is 11.6. The fourth-order valence-corrected chi connectivity index (χ4v) is 5.47. The number of aliphatic hydroxyl groups is 4. The molecule has 1 fully saturated rings. The summed E-state index contributed by atoms with van der Waals surface area (Å²) in [5.41, 5.74) is 2.54. The third-order valence-corrected chi connectivity index (χ3v) is 8.27. The molecule has 0 saturated carbocycles. The standard InChI is InChI=1S/C32H52O8/c1-19-12-20(2)14-29-28(40-29)11-9-7-8-10-21(3)32(38)39-26(18-33)16-24(6)30(36)31(37)27(35)17-25(34)15-23(5)22(4)13-19/h10,13,20,23-26,28-31,33-34,36-37H,1,7-9,11-12,14-18H2,2-6H3/b21-10+,22-13+/t20-,23+,24-,25+,26-,28-,29+,30+,31+/m1/s1. The van der Waals surface area contributed by atoms with Crippen LogP contribution in [-0.4, -0.2) is 75.4 Å². The first-order valence-electron chi connectivity index (χ1n) is 14.9. The van der Waals surface area contributed by atoms with Crippen LogP contribution in [0.3, 0.4) is 0 Å². The summed E-state index contributed by atoms with van der Waals surface area (Å²) in [6.07, 6.45) is 5.12. The van der Waals surface area contributed by atoms with E-state index in [1.54, 1.807) is 13.8 Å². The van der Waals surface area contributed by atoms with E-state index < -0.39 is 48.7 Å².